The SMILES string of the molecule is COc1ccc(Cl)cc1NC(=O)CSc1nc(CC(=O)NCc2cccs2)cc(=O)[nH]1. The molecule has 0 radical (unpaired) electrons. The van der Waals surface area contributed by atoms with Gasteiger partial charge in [0.1, 0.15) is 5.75 Å². The van der Waals surface area contributed by atoms with E-state index in [2.05, 4.69) is 20.6 Å². The first-order valence-corrected chi connectivity index (χ1v) is 11.3. The molecule has 2 amide bonds. The van der Waals surface area contributed by atoms with E-state index in [1.807, 2.05) is 17.5 Å². The summed E-state index contributed by atoms with van der Waals surface area (Å²) < 4.78 is 5.20. The van der Waals surface area contributed by atoms with Gasteiger partial charge in [-0.2, -0.15) is 0 Å². The fourth-order valence-electron chi connectivity index (χ4n) is 2.57. The van der Waals surface area contributed by atoms with Gasteiger partial charge in [-0.05, 0) is 29.6 Å². The summed E-state index contributed by atoms with van der Waals surface area (Å²) in [5, 5.41) is 8.15. The number of thioether (sulfide) groups is 1. The summed E-state index contributed by atoms with van der Waals surface area (Å²) in [7, 11) is 1.49. The number of nitrogens with zero attached hydrogens (tertiary/aromatic N) is 1. The van der Waals surface area contributed by atoms with Crippen LogP contribution in [0.3, 0.4) is 0 Å². The highest BCUT2D eigenvalue weighted by Crippen LogP contribution is 2.28. The van der Waals surface area contributed by atoms with Gasteiger partial charge in [-0.1, -0.05) is 29.4 Å². The topological polar surface area (TPSA) is 113 Å². The Hall–Kier alpha value is -2.82. The number of hydrogen-bond acceptors (Lipinski definition) is 7. The molecule has 0 saturated carbocycles. The monoisotopic (exact) mass is 478 g/mol. The summed E-state index contributed by atoms with van der Waals surface area (Å²) in [5.74, 6) is -0.0995. The zero-order chi connectivity index (χ0) is 22.2. The van der Waals surface area contributed by atoms with Crippen molar-refractivity contribution in [1.82, 2.24) is 15.3 Å². The lowest BCUT2D eigenvalue weighted by Gasteiger charge is -2.10. The molecule has 0 bridgehead atoms. The summed E-state index contributed by atoms with van der Waals surface area (Å²) in [6.07, 6.45) is -0.0330. The molecule has 31 heavy (non-hydrogen) atoms. The van der Waals surface area contributed by atoms with Crippen molar-refractivity contribution >= 4 is 52.2 Å². The number of carbonyl (C=O) groups is 2. The average Bonchev–Trinajstić information content (AvgIpc) is 3.24. The van der Waals surface area contributed by atoms with Gasteiger partial charge in [0, 0.05) is 16.0 Å². The van der Waals surface area contributed by atoms with Crippen molar-refractivity contribution in [3.05, 3.63) is 67.7 Å². The highest BCUT2D eigenvalue weighted by atomic mass is 35.5. The van der Waals surface area contributed by atoms with Gasteiger partial charge >= 0.3 is 0 Å². The maximum Gasteiger partial charge on any atom is 0.251 e. The Kier molecular flexibility index (Phi) is 8.10. The summed E-state index contributed by atoms with van der Waals surface area (Å²) in [6.45, 7) is 0.425. The van der Waals surface area contributed by atoms with Crippen LogP contribution < -0.4 is 20.9 Å². The molecule has 3 rings (SSSR count). The number of thiophene rings is 1. The molecule has 3 N–H and O–H groups in total. The second-order valence-corrected chi connectivity index (χ2v) is 8.69. The molecule has 0 saturated heterocycles. The van der Waals surface area contributed by atoms with Crippen molar-refractivity contribution in [2.24, 2.45) is 0 Å². The quantitative estimate of drug-likeness (QED) is 0.322. The Morgan fingerprint density at radius 2 is 2.10 bits per heavy atom. The van der Waals surface area contributed by atoms with E-state index in [4.69, 9.17) is 16.3 Å². The molecule has 3 aromatic rings. The predicted molar refractivity (Wildman–Crippen MR) is 122 cm³/mol. The molecule has 0 spiro atoms. The van der Waals surface area contributed by atoms with E-state index < -0.39 is 5.56 Å². The minimum Gasteiger partial charge on any atom is -0.495 e. The van der Waals surface area contributed by atoms with Crippen molar-refractivity contribution in [2.75, 3.05) is 18.2 Å². The van der Waals surface area contributed by atoms with E-state index in [9.17, 15) is 14.4 Å². The Balaban J connectivity index is 1.56. The molecule has 0 atom stereocenters. The first kappa shape index (κ1) is 22.9. The lowest BCUT2D eigenvalue weighted by molar-refractivity contribution is -0.120. The van der Waals surface area contributed by atoms with Crippen LogP contribution in [-0.4, -0.2) is 34.6 Å². The number of aromatic amines is 1. The van der Waals surface area contributed by atoms with Crippen LogP contribution in [0.15, 0.2) is 51.7 Å². The molecule has 1 aromatic carbocycles. The van der Waals surface area contributed by atoms with Gasteiger partial charge in [0.2, 0.25) is 11.8 Å². The van der Waals surface area contributed by atoms with Crippen LogP contribution in [0.25, 0.3) is 0 Å². The summed E-state index contributed by atoms with van der Waals surface area (Å²) in [4.78, 5) is 44.2. The standard InChI is InChI=1S/C20H19ClN4O4S2/c1-29-16-5-4-12(21)7-15(16)24-19(28)11-31-20-23-13(9-18(27)25-20)8-17(26)22-10-14-3-2-6-30-14/h2-7,9H,8,10-11H2,1H3,(H,22,26)(H,24,28)(H,23,25,27). The minimum atomic E-state index is -0.393. The number of ether oxygens (including phenoxy) is 1. The normalized spacial score (nSPS) is 10.5. The average molecular weight is 479 g/mol. The van der Waals surface area contributed by atoms with E-state index in [0.29, 0.717) is 28.7 Å². The number of aromatic nitrogens is 2. The van der Waals surface area contributed by atoms with Gasteiger partial charge in [-0.15, -0.1) is 11.3 Å². The van der Waals surface area contributed by atoms with Gasteiger partial charge in [0.05, 0.1) is 37.2 Å². The molecule has 8 nitrogen and oxygen atoms in total. The highest BCUT2D eigenvalue weighted by molar-refractivity contribution is 7.99. The predicted octanol–water partition coefficient (Wildman–Crippen LogP) is 3.08. The number of amides is 2. The Bertz CT molecular complexity index is 1120. The number of H-pyrrole nitrogens is 1. The van der Waals surface area contributed by atoms with Gasteiger partial charge in [0.15, 0.2) is 5.16 Å². The second-order valence-electron chi connectivity index (χ2n) is 6.26. The molecular weight excluding hydrogens is 460 g/mol. The van der Waals surface area contributed by atoms with Crippen molar-refractivity contribution < 1.29 is 14.3 Å². The third-order valence-electron chi connectivity index (χ3n) is 3.93. The number of halogens is 1. The lowest BCUT2D eigenvalue weighted by atomic mass is 10.3. The summed E-state index contributed by atoms with van der Waals surface area (Å²) >= 11 is 8.56. The van der Waals surface area contributed by atoms with E-state index >= 15 is 0 Å². The summed E-state index contributed by atoms with van der Waals surface area (Å²) in [5.41, 5.74) is 0.375. The zero-order valence-corrected chi connectivity index (χ0v) is 18.8. The minimum absolute atomic E-state index is 0.00731. The maximum absolute atomic E-state index is 12.3. The number of nitrogens with one attached hydrogen (secondary N) is 3. The number of methoxy groups -OCH3 is 1. The van der Waals surface area contributed by atoms with E-state index in [1.54, 1.807) is 29.5 Å². The van der Waals surface area contributed by atoms with E-state index in [0.717, 1.165) is 16.6 Å². The van der Waals surface area contributed by atoms with Crippen molar-refractivity contribution in [2.45, 2.75) is 18.1 Å². The van der Waals surface area contributed by atoms with Crippen molar-refractivity contribution in [3.8, 4) is 5.75 Å². The first-order valence-electron chi connectivity index (χ1n) is 9.08. The number of carbonyl (C=O) groups excluding carboxylic acids is 2. The first-order chi connectivity index (χ1) is 14.9. The highest BCUT2D eigenvalue weighted by Gasteiger charge is 2.12. The van der Waals surface area contributed by atoms with Crippen LogP contribution in [0.1, 0.15) is 10.6 Å². The molecule has 0 fully saturated rings. The molecule has 2 aromatic heterocycles. The molecular formula is C20H19ClN4O4S2. The lowest BCUT2D eigenvalue weighted by Crippen LogP contribution is -2.25. The molecule has 2 heterocycles. The van der Waals surface area contributed by atoms with E-state index in [1.165, 1.54) is 13.2 Å². The van der Waals surface area contributed by atoms with Crippen LogP contribution in [0, 0.1) is 0 Å². The molecule has 11 heteroatoms. The second kappa shape index (κ2) is 11.0. The van der Waals surface area contributed by atoms with E-state index in [-0.39, 0.29) is 29.1 Å². The Labute approximate surface area is 191 Å². The third kappa shape index (κ3) is 7.12. The number of hydrogen-bond donors (Lipinski definition) is 3. The maximum atomic E-state index is 12.3. The van der Waals surface area contributed by atoms with Crippen LogP contribution in [0.4, 0.5) is 5.69 Å². The third-order valence-corrected chi connectivity index (χ3v) is 5.91. The number of rotatable bonds is 9. The van der Waals surface area contributed by atoms with Crippen LogP contribution in [-0.2, 0) is 22.6 Å². The summed E-state index contributed by atoms with van der Waals surface area (Å²) in [6, 6.07) is 9.99. The smallest absolute Gasteiger partial charge is 0.251 e. The largest absolute Gasteiger partial charge is 0.495 e. The molecule has 0 aliphatic rings. The van der Waals surface area contributed by atoms with Gasteiger partial charge in [-0.3, -0.25) is 14.4 Å². The Morgan fingerprint density at radius 3 is 2.84 bits per heavy atom. The van der Waals surface area contributed by atoms with Crippen LogP contribution >= 0.6 is 34.7 Å². The van der Waals surface area contributed by atoms with Crippen LogP contribution in [0.5, 0.6) is 5.75 Å². The number of benzene rings is 1. The van der Waals surface area contributed by atoms with Gasteiger partial charge in [0.25, 0.3) is 5.56 Å². The zero-order valence-electron chi connectivity index (χ0n) is 16.4. The van der Waals surface area contributed by atoms with Crippen molar-refractivity contribution in [1.29, 1.82) is 0 Å². The molecule has 0 aliphatic heterocycles. The fraction of sp³-hybridized carbons (Fsp3) is 0.200. The van der Waals surface area contributed by atoms with Crippen LogP contribution in [0.2, 0.25) is 5.02 Å². The molecule has 162 valence electrons. The number of anilines is 1. The fourth-order valence-corrected chi connectivity index (χ4v) is 4.08. The Morgan fingerprint density at radius 1 is 1.26 bits per heavy atom. The van der Waals surface area contributed by atoms with Gasteiger partial charge in [-0.25, -0.2) is 4.98 Å². The molecule has 0 unspecified atom stereocenters. The molecule has 0 aliphatic carbocycles. The van der Waals surface area contributed by atoms with Gasteiger partial charge < -0.3 is 20.4 Å². The van der Waals surface area contributed by atoms with Crippen molar-refractivity contribution in [3.63, 3.8) is 0 Å².